The topological polar surface area (TPSA) is 159 Å². The monoisotopic (exact) mass is 562 g/mol. The number of hydrogen-bond donors (Lipinski definition) is 5. The largest absolute Gasteiger partial charge is 0.508 e. The number of anilines is 1. The molecule has 1 amide bonds. The Bertz CT molecular complexity index is 1050. The van der Waals surface area contributed by atoms with E-state index in [2.05, 4.69) is 5.32 Å². The van der Waals surface area contributed by atoms with Gasteiger partial charge >= 0.3 is 0 Å². The molecule has 0 unspecified atom stereocenters. The third-order valence-corrected chi connectivity index (χ3v) is 6.79. The number of nitrogens with one attached hydrogen (secondary N) is 1. The second-order valence-electron chi connectivity index (χ2n) is 9.59. The maximum atomic E-state index is 12.7. The van der Waals surface area contributed by atoms with Gasteiger partial charge in [0.2, 0.25) is 5.91 Å². The van der Waals surface area contributed by atoms with Crippen LogP contribution in [0.2, 0.25) is 0 Å². The minimum absolute atomic E-state index is 0.0862. The first-order chi connectivity index (χ1) is 18.3. The molecule has 0 saturated carbocycles. The van der Waals surface area contributed by atoms with Crippen molar-refractivity contribution in [2.45, 2.75) is 65.3 Å². The molecule has 4 atom stereocenters. The van der Waals surface area contributed by atoms with Gasteiger partial charge in [0.1, 0.15) is 11.9 Å². The summed E-state index contributed by atoms with van der Waals surface area (Å²) < 4.78 is 5.30. The Morgan fingerprint density at radius 2 is 1.82 bits per heavy atom. The molecule has 1 aromatic rings. The number of allylic oxidation sites excluding steroid dienone is 3. The Hall–Kier alpha value is -2.92. The molecule has 216 valence electrons. The van der Waals surface area contributed by atoms with Gasteiger partial charge in [-0.05, 0) is 49.6 Å². The number of aliphatic hydroxyl groups excluding tert-OH is 2. The van der Waals surface area contributed by atoms with Crippen LogP contribution in [0.4, 0.5) is 5.69 Å². The predicted octanol–water partition coefficient (Wildman–Crippen LogP) is 3.08. The Morgan fingerprint density at radius 1 is 1.13 bits per heavy atom. The van der Waals surface area contributed by atoms with Gasteiger partial charge in [-0.25, -0.2) is 0 Å². The fraction of sp³-hybridized carbons (Fsp3) is 0.483. The van der Waals surface area contributed by atoms with E-state index in [1.165, 1.54) is 20.1 Å². The second-order valence-corrected chi connectivity index (χ2v) is 10.7. The number of phenols is 1. The molecule has 0 aromatic heterocycles. The number of nitrogen functional groups attached to an aromatic ring is 1. The molecule has 1 aromatic carbocycles. The second kappa shape index (κ2) is 17.6. The van der Waals surface area contributed by atoms with Crippen LogP contribution in [0, 0.1) is 5.92 Å². The third-order valence-electron chi connectivity index (χ3n) is 5.89. The normalized spacial score (nSPS) is 15.6. The lowest BCUT2D eigenvalue weighted by atomic mass is 9.94. The van der Waals surface area contributed by atoms with Crippen molar-refractivity contribution in [3.05, 3.63) is 59.2 Å². The highest BCUT2D eigenvalue weighted by Crippen LogP contribution is 2.20. The highest BCUT2D eigenvalue weighted by atomic mass is 32.2. The molecule has 6 N–H and O–H groups in total. The minimum atomic E-state index is -1.00. The molecule has 0 heterocycles. The van der Waals surface area contributed by atoms with Crippen molar-refractivity contribution >= 4 is 34.3 Å². The fourth-order valence-corrected chi connectivity index (χ4v) is 4.44. The number of aliphatic hydroxyl groups is 2. The van der Waals surface area contributed by atoms with Crippen LogP contribution in [0.3, 0.4) is 0 Å². The average molecular weight is 563 g/mol. The zero-order valence-electron chi connectivity index (χ0n) is 23.3. The molecule has 0 spiro atoms. The molecule has 10 heteroatoms. The summed E-state index contributed by atoms with van der Waals surface area (Å²) >= 11 is 1.04. The van der Waals surface area contributed by atoms with E-state index in [-0.39, 0.29) is 35.4 Å². The van der Waals surface area contributed by atoms with E-state index in [1.807, 2.05) is 13.0 Å². The molecular weight excluding hydrogens is 520 g/mol. The Labute approximate surface area is 235 Å². The van der Waals surface area contributed by atoms with Crippen LogP contribution in [0.25, 0.3) is 0 Å². The van der Waals surface area contributed by atoms with Gasteiger partial charge in [-0.3, -0.25) is 14.4 Å². The number of ether oxygens (including phenoxy) is 1. The first-order valence-corrected chi connectivity index (χ1v) is 13.7. The Balaban J connectivity index is 2.62. The number of Topliss-reactive ketones (excluding diaryl/α,β-unsaturated/α-hetero) is 1. The van der Waals surface area contributed by atoms with E-state index in [0.717, 1.165) is 22.9 Å². The molecule has 1 rings (SSSR count). The highest BCUT2D eigenvalue weighted by molar-refractivity contribution is 8.13. The van der Waals surface area contributed by atoms with E-state index >= 15 is 0 Å². The van der Waals surface area contributed by atoms with Gasteiger partial charge < -0.3 is 31.1 Å². The Kier molecular flexibility index (Phi) is 15.4. The van der Waals surface area contributed by atoms with Crippen molar-refractivity contribution < 1.29 is 34.4 Å². The molecule has 0 aliphatic carbocycles. The summed E-state index contributed by atoms with van der Waals surface area (Å²) in [7, 11) is 1.42. The van der Waals surface area contributed by atoms with Crippen molar-refractivity contribution in [2.24, 2.45) is 5.92 Å². The highest BCUT2D eigenvalue weighted by Gasteiger charge is 2.23. The van der Waals surface area contributed by atoms with E-state index in [4.69, 9.17) is 10.5 Å². The molecule has 0 radical (unpaired) electrons. The average Bonchev–Trinajstić information content (AvgIpc) is 2.83. The van der Waals surface area contributed by atoms with Crippen molar-refractivity contribution in [1.82, 2.24) is 5.32 Å². The lowest BCUT2D eigenvalue weighted by Crippen LogP contribution is -2.28. The van der Waals surface area contributed by atoms with E-state index < -0.39 is 24.2 Å². The van der Waals surface area contributed by atoms with Gasteiger partial charge in [0.05, 0.1) is 12.2 Å². The number of nitrogens with two attached hydrogens (primary N) is 1. The van der Waals surface area contributed by atoms with Crippen LogP contribution in [-0.2, 0) is 25.5 Å². The van der Waals surface area contributed by atoms with Crippen molar-refractivity contribution in [3.63, 3.8) is 0 Å². The molecule has 0 fully saturated rings. The number of carbonyl (C=O) groups is 3. The van der Waals surface area contributed by atoms with Gasteiger partial charge in [0.25, 0.3) is 0 Å². The van der Waals surface area contributed by atoms with Gasteiger partial charge in [-0.2, -0.15) is 0 Å². The zero-order chi connectivity index (χ0) is 29.5. The van der Waals surface area contributed by atoms with Gasteiger partial charge in [0.15, 0.2) is 10.9 Å². The molecule has 0 aliphatic heterocycles. The maximum Gasteiger partial charge on any atom is 0.216 e. The quantitative estimate of drug-likeness (QED) is 0.0883. The van der Waals surface area contributed by atoms with Crippen LogP contribution in [-0.4, -0.2) is 69.8 Å². The number of rotatable bonds is 16. The number of benzene rings is 1. The van der Waals surface area contributed by atoms with Crippen LogP contribution in [0.5, 0.6) is 5.75 Å². The van der Waals surface area contributed by atoms with E-state index in [9.17, 15) is 29.7 Å². The van der Waals surface area contributed by atoms with Crippen molar-refractivity contribution in [3.8, 4) is 5.75 Å². The number of amides is 1. The number of carbonyl (C=O) groups excluding carboxylic acids is 3. The summed E-state index contributed by atoms with van der Waals surface area (Å²) in [6.07, 6.45) is 4.33. The number of phenolic OH excluding ortho intramolecular Hbond substituents is 1. The van der Waals surface area contributed by atoms with Crippen LogP contribution in [0.15, 0.2) is 53.6 Å². The van der Waals surface area contributed by atoms with Gasteiger partial charge in [-0.15, -0.1) is 0 Å². The molecule has 0 aliphatic rings. The summed E-state index contributed by atoms with van der Waals surface area (Å²) in [5, 5.41) is 33.0. The standard InChI is InChI=1S/C29H42N2O7S/c1-18(11-22-13-23(30)15-24(33)14-22)7-6-8-28(38-5)27(36)16-25(34)19(2)12-20(3)26(35)17-29(37)39-10-9-31-21(4)32/h6-8,12-15,19,25-26,28,33-35H,9-11,16-17,30H2,1-5H3,(H,31,32)/b8-6+,18-7+,20-12+/t19-,25-,26-,28+/m0/s1. The van der Waals surface area contributed by atoms with E-state index in [1.54, 1.807) is 44.2 Å². The molecule has 9 nitrogen and oxygen atoms in total. The third kappa shape index (κ3) is 14.2. The van der Waals surface area contributed by atoms with Crippen molar-refractivity contribution in [2.75, 3.05) is 25.1 Å². The first-order valence-electron chi connectivity index (χ1n) is 12.7. The van der Waals surface area contributed by atoms with E-state index in [0.29, 0.717) is 30.0 Å². The smallest absolute Gasteiger partial charge is 0.216 e. The molecule has 0 saturated heterocycles. The number of methoxy groups -OCH3 is 1. The summed E-state index contributed by atoms with van der Waals surface area (Å²) in [6, 6.07) is 4.91. The van der Waals surface area contributed by atoms with Gasteiger partial charge in [-0.1, -0.05) is 42.5 Å². The summed E-state index contributed by atoms with van der Waals surface area (Å²) in [6.45, 7) is 7.09. The van der Waals surface area contributed by atoms with Crippen LogP contribution in [0.1, 0.15) is 46.1 Å². The molecular formula is C29H42N2O7S. The SMILES string of the molecule is CO[C@H](/C=C/C=C(\C)Cc1cc(N)cc(O)c1)C(=O)C[C@H](O)[C@@H](C)/C=C(\C)[C@@H](O)CC(=O)SCCNC(C)=O. The van der Waals surface area contributed by atoms with Crippen LogP contribution < -0.4 is 11.1 Å². The van der Waals surface area contributed by atoms with Crippen LogP contribution >= 0.6 is 11.8 Å². The summed E-state index contributed by atoms with van der Waals surface area (Å²) in [5.41, 5.74) is 8.62. The zero-order valence-corrected chi connectivity index (χ0v) is 24.2. The number of ketones is 1. The van der Waals surface area contributed by atoms with Gasteiger partial charge in [0, 0.05) is 56.8 Å². The minimum Gasteiger partial charge on any atom is -0.508 e. The lowest BCUT2D eigenvalue weighted by molar-refractivity contribution is -0.128. The Morgan fingerprint density at radius 3 is 2.44 bits per heavy atom. The number of thioether (sulfide) groups is 1. The fourth-order valence-electron chi connectivity index (χ4n) is 3.74. The first kappa shape index (κ1) is 34.1. The maximum absolute atomic E-state index is 12.7. The molecule has 39 heavy (non-hydrogen) atoms. The van der Waals surface area contributed by atoms with Crippen molar-refractivity contribution in [1.29, 1.82) is 0 Å². The number of aromatic hydroxyl groups is 1. The summed E-state index contributed by atoms with van der Waals surface area (Å²) in [4.78, 5) is 35.6. The summed E-state index contributed by atoms with van der Waals surface area (Å²) in [5.74, 6) is -0.377. The lowest BCUT2D eigenvalue weighted by Gasteiger charge is -2.19. The number of hydrogen-bond acceptors (Lipinski definition) is 9. The molecule has 0 bridgehead atoms. The predicted molar refractivity (Wildman–Crippen MR) is 155 cm³/mol.